The second kappa shape index (κ2) is 9.27. The average Bonchev–Trinajstić information content (AvgIpc) is 3.08. The van der Waals surface area contributed by atoms with Gasteiger partial charge in [-0.1, -0.05) is 39.0 Å². The maximum absolute atomic E-state index is 11.0. The van der Waals surface area contributed by atoms with E-state index < -0.39 is 34.6 Å². The van der Waals surface area contributed by atoms with Crippen LogP contribution in [0.25, 0.3) is 0 Å². The van der Waals surface area contributed by atoms with Crippen LogP contribution in [0.1, 0.15) is 58.3 Å². The summed E-state index contributed by atoms with van der Waals surface area (Å²) in [5.41, 5.74) is -2.64. The molecule has 9 nitrogen and oxygen atoms in total. The molecule has 2 saturated heterocycles. The third-order valence-electron chi connectivity index (χ3n) is 5.52. The Hall–Kier alpha value is -1.00. The predicted molar refractivity (Wildman–Crippen MR) is 90.9 cm³/mol. The topological polar surface area (TPSA) is 132 Å². The van der Waals surface area contributed by atoms with Crippen LogP contribution < -0.4 is 0 Å². The van der Waals surface area contributed by atoms with Crippen LogP contribution in [0.2, 0.25) is 0 Å². The van der Waals surface area contributed by atoms with E-state index >= 15 is 0 Å². The fraction of sp³-hybridized carbons (Fsp3) is 1.00. The van der Waals surface area contributed by atoms with E-state index in [1.54, 1.807) is 0 Å². The van der Waals surface area contributed by atoms with Gasteiger partial charge in [0.2, 0.25) is 0 Å². The molecule has 0 aromatic carbocycles. The maximum atomic E-state index is 11.0. The van der Waals surface area contributed by atoms with Crippen molar-refractivity contribution in [3.8, 4) is 0 Å². The monoisotopic (exact) mass is 377 g/mol. The number of nitrogens with zero attached hydrogens (tertiary/aromatic N) is 1. The minimum absolute atomic E-state index is 0.0547. The lowest BCUT2D eigenvalue weighted by molar-refractivity contribution is -0.757. The predicted octanol–water partition coefficient (Wildman–Crippen LogP) is 0.956. The van der Waals surface area contributed by atoms with Crippen LogP contribution in [-0.2, 0) is 14.3 Å². The van der Waals surface area contributed by atoms with Crippen LogP contribution in [0, 0.1) is 10.1 Å². The van der Waals surface area contributed by atoms with Crippen molar-refractivity contribution in [1.29, 1.82) is 0 Å². The minimum atomic E-state index is -1.64. The zero-order valence-electron chi connectivity index (χ0n) is 15.3. The van der Waals surface area contributed by atoms with Gasteiger partial charge in [0, 0.05) is 0 Å². The van der Waals surface area contributed by atoms with Crippen LogP contribution in [0.3, 0.4) is 0 Å². The number of fused-ring (bicyclic) bond motifs is 1. The van der Waals surface area contributed by atoms with Crippen LogP contribution >= 0.6 is 0 Å². The highest BCUT2D eigenvalue weighted by Gasteiger charge is 2.67. The van der Waals surface area contributed by atoms with E-state index in [1.807, 2.05) is 0 Å². The van der Waals surface area contributed by atoms with Crippen molar-refractivity contribution in [2.75, 3.05) is 19.8 Å². The lowest BCUT2D eigenvalue weighted by Crippen LogP contribution is -2.57. The van der Waals surface area contributed by atoms with Crippen molar-refractivity contribution >= 4 is 0 Å². The third-order valence-corrected chi connectivity index (χ3v) is 5.52. The first-order chi connectivity index (χ1) is 12.4. The highest BCUT2D eigenvalue weighted by molar-refractivity contribution is 5.15. The summed E-state index contributed by atoms with van der Waals surface area (Å²) >= 11 is 0. The Labute approximate surface area is 153 Å². The highest BCUT2D eigenvalue weighted by Crippen LogP contribution is 2.47. The first-order valence-electron chi connectivity index (χ1n) is 9.48. The van der Waals surface area contributed by atoms with Gasteiger partial charge in [-0.15, -0.1) is 10.1 Å². The molecule has 3 N–H and O–H groups in total. The SMILES string of the molecule is CCCCCCC[C@]12OC[C@@](O)(C(O)CCCO[N+](=O)[O-])[C@H]1OC[C@@H]2O. The molecule has 0 aliphatic carbocycles. The third kappa shape index (κ3) is 4.45. The molecule has 26 heavy (non-hydrogen) atoms. The second-order valence-corrected chi connectivity index (χ2v) is 7.34. The molecule has 1 unspecified atom stereocenters. The number of hydrogen-bond donors (Lipinski definition) is 3. The lowest BCUT2D eigenvalue weighted by atomic mass is 9.78. The van der Waals surface area contributed by atoms with Gasteiger partial charge in [0.1, 0.15) is 23.4 Å². The standard InChI is InChI=1S/C17H31NO8/c1-2-3-4-5-6-9-17-14(20)11-24-15(17)16(21,12-25-17)13(19)8-7-10-26-18(22)23/h13-15,19-21H,2-12H2,1H3/t13?,14-,15+,16+,17+/m0/s1. The Bertz CT molecular complexity index is 464. The van der Waals surface area contributed by atoms with Crippen molar-refractivity contribution in [2.24, 2.45) is 0 Å². The van der Waals surface area contributed by atoms with Gasteiger partial charge in [0.05, 0.1) is 25.9 Å². The van der Waals surface area contributed by atoms with E-state index in [-0.39, 0.29) is 32.7 Å². The molecule has 5 atom stereocenters. The zero-order valence-corrected chi connectivity index (χ0v) is 15.3. The molecule has 0 aromatic rings. The Morgan fingerprint density at radius 3 is 2.73 bits per heavy atom. The Morgan fingerprint density at radius 2 is 2.04 bits per heavy atom. The van der Waals surface area contributed by atoms with Crippen LogP contribution in [0.4, 0.5) is 0 Å². The number of aliphatic hydroxyl groups excluding tert-OH is 2. The number of ether oxygens (including phenoxy) is 2. The summed E-state index contributed by atoms with van der Waals surface area (Å²) in [5, 5.41) is 41.1. The quantitative estimate of drug-likeness (QED) is 0.260. The molecule has 0 spiro atoms. The molecule has 2 fully saturated rings. The van der Waals surface area contributed by atoms with Gasteiger partial charge in [-0.2, -0.15) is 0 Å². The molecule has 0 radical (unpaired) electrons. The van der Waals surface area contributed by atoms with Gasteiger partial charge < -0.3 is 29.6 Å². The summed E-state index contributed by atoms with van der Waals surface area (Å²) in [6.07, 6.45) is 3.29. The maximum Gasteiger partial charge on any atom is 0.294 e. The van der Waals surface area contributed by atoms with E-state index in [4.69, 9.17) is 9.47 Å². The average molecular weight is 377 g/mol. The summed E-state index contributed by atoms with van der Waals surface area (Å²) in [5.74, 6) is 0. The van der Waals surface area contributed by atoms with Crippen LogP contribution in [-0.4, -0.2) is 69.7 Å². The van der Waals surface area contributed by atoms with E-state index in [0.29, 0.717) is 6.42 Å². The molecule has 152 valence electrons. The number of aliphatic hydroxyl groups is 3. The van der Waals surface area contributed by atoms with Crippen molar-refractivity contribution in [3.63, 3.8) is 0 Å². The second-order valence-electron chi connectivity index (χ2n) is 7.34. The molecule has 0 bridgehead atoms. The molecule has 9 heteroatoms. The Kier molecular flexibility index (Phi) is 7.60. The summed E-state index contributed by atoms with van der Waals surface area (Å²) in [6.45, 7) is 1.90. The summed E-state index contributed by atoms with van der Waals surface area (Å²) in [4.78, 5) is 14.4. The highest BCUT2D eigenvalue weighted by atomic mass is 16.9. The number of rotatable bonds is 12. The first-order valence-corrected chi connectivity index (χ1v) is 9.48. The fourth-order valence-electron chi connectivity index (χ4n) is 4.02. The molecule has 0 amide bonds. The normalized spacial score (nSPS) is 34.6. The molecule has 2 aliphatic rings. The molecule has 0 saturated carbocycles. The van der Waals surface area contributed by atoms with Gasteiger partial charge >= 0.3 is 0 Å². The van der Waals surface area contributed by atoms with Crippen LogP contribution in [0.15, 0.2) is 0 Å². The largest absolute Gasteiger partial charge is 0.390 e. The van der Waals surface area contributed by atoms with Gasteiger partial charge in [0.25, 0.3) is 5.09 Å². The Balaban J connectivity index is 1.93. The minimum Gasteiger partial charge on any atom is -0.390 e. The Morgan fingerprint density at radius 1 is 1.31 bits per heavy atom. The fourth-order valence-corrected chi connectivity index (χ4v) is 4.02. The molecule has 2 aliphatic heterocycles. The van der Waals surface area contributed by atoms with Crippen molar-refractivity contribution in [1.82, 2.24) is 0 Å². The molecular formula is C17H31NO8. The van der Waals surface area contributed by atoms with E-state index in [9.17, 15) is 25.4 Å². The molecule has 2 rings (SSSR count). The number of hydrogen-bond acceptors (Lipinski definition) is 8. The summed E-state index contributed by atoms with van der Waals surface area (Å²) < 4.78 is 11.5. The molecular weight excluding hydrogens is 346 g/mol. The van der Waals surface area contributed by atoms with Crippen LogP contribution in [0.5, 0.6) is 0 Å². The van der Waals surface area contributed by atoms with Crippen molar-refractivity contribution in [2.45, 2.75) is 87.8 Å². The van der Waals surface area contributed by atoms with E-state index in [1.165, 1.54) is 0 Å². The van der Waals surface area contributed by atoms with Crippen molar-refractivity contribution < 1.29 is 34.7 Å². The first kappa shape index (κ1) is 21.3. The molecule has 2 heterocycles. The number of unbranched alkanes of at least 4 members (excludes halogenated alkanes) is 4. The van der Waals surface area contributed by atoms with E-state index in [2.05, 4.69) is 11.8 Å². The summed E-state index contributed by atoms with van der Waals surface area (Å²) in [7, 11) is 0. The smallest absolute Gasteiger partial charge is 0.294 e. The lowest BCUT2D eigenvalue weighted by Gasteiger charge is -2.35. The van der Waals surface area contributed by atoms with Gasteiger partial charge in [0.15, 0.2) is 0 Å². The van der Waals surface area contributed by atoms with E-state index in [0.717, 1.165) is 32.1 Å². The summed E-state index contributed by atoms with van der Waals surface area (Å²) in [6, 6.07) is 0. The van der Waals surface area contributed by atoms with Gasteiger partial charge in [-0.05, 0) is 19.3 Å². The van der Waals surface area contributed by atoms with Crippen molar-refractivity contribution in [3.05, 3.63) is 10.1 Å². The van der Waals surface area contributed by atoms with Gasteiger partial charge in [-0.3, -0.25) is 0 Å². The van der Waals surface area contributed by atoms with Gasteiger partial charge in [-0.25, -0.2) is 0 Å². The molecule has 0 aromatic heterocycles. The zero-order chi connectivity index (χ0) is 19.2.